The smallest absolute Gasteiger partial charge is 0.251 e. The molecule has 2 amide bonds. The Labute approximate surface area is 125 Å². The number of halogens is 1. The molecule has 1 rings (SSSR count). The molecule has 1 aromatic rings. The molecule has 4 N–H and O–H groups in total. The minimum absolute atomic E-state index is 0. The van der Waals surface area contributed by atoms with Gasteiger partial charge in [-0.25, -0.2) is 0 Å². The minimum atomic E-state index is -0.531. The van der Waals surface area contributed by atoms with Crippen molar-refractivity contribution in [2.45, 2.75) is 32.9 Å². The molecule has 0 spiro atoms. The molecule has 0 aliphatic rings. The van der Waals surface area contributed by atoms with Gasteiger partial charge < -0.3 is 16.4 Å². The number of hydrogen-bond acceptors (Lipinski definition) is 3. The summed E-state index contributed by atoms with van der Waals surface area (Å²) in [5.41, 5.74) is 6.93. The Hall–Kier alpha value is -1.59. The second-order valence-electron chi connectivity index (χ2n) is 4.46. The first-order chi connectivity index (χ1) is 9.04. The molecule has 6 heteroatoms. The van der Waals surface area contributed by atoms with Crippen LogP contribution < -0.4 is 16.4 Å². The fourth-order valence-electron chi connectivity index (χ4n) is 1.51. The number of amides is 2. The minimum Gasteiger partial charge on any atom is -0.352 e. The van der Waals surface area contributed by atoms with Crippen LogP contribution in [0.25, 0.3) is 0 Å². The van der Waals surface area contributed by atoms with Gasteiger partial charge in [0.25, 0.3) is 5.91 Å². The van der Waals surface area contributed by atoms with Crippen LogP contribution in [-0.4, -0.2) is 24.4 Å². The number of benzene rings is 1. The van der Waals surface area contributed by atoms with Gasteiger partial charge in [0, 0.05) is 18.7 Å². The summed E-state index contributed by atoms with van der Waals surface area (Å²) in [5, 5.41) is 5.52. The molecule has 1 aromatic carbocycles. The summed E-state index contributed by atoms with van der Waals surface area (Å²) in [6, 6.07) is 6.65. The summed E-state index contributed by atoms with van der Waals surface area (Å²) in [4.78, 5) is 23.1. The average Bonchev–Trinajstić information content (AvgIpc) is 2.42. The summed E-state index contributed by atoms with van der Waals surface area (Å²) in [6.45, 7) is 4.66. The maximum Gasteiger partial charge on any atom is 0.251 e. The molecule has 1 atom stereocenters. The van der Waals surface area contributed by atoms with Gasteiger partial charge in [-0.3, -0.25) is 9.59 Å². The van der Waals surface area contributed by atoms with Crippen molar-refractivity contribution >= 4 is 24.2 Å². The number of hydrogen-bond donors (Lipinski definition) is 3. The van der Waals surface area contributed by atoms with E-state index >= 15 is 0 Å². The molecule has 0 aliphatic heterocycles. The van der Waals surface area contributed by atoms with Crippen LogP contribution >= 0.6 is 12.4 Å². The van der Waals surface area contributed by atoms with E-state index in [0.29, 0.717) is 18.7 Å². The number of nitrogens with two attached hydrogens (primary N) is 1. The van der Waals surface area contributed by atoms with Crippen molar-refractivity contribution in [2.24, 2.45) is 5.73 Å². The summed E-state index contributed by atoms with van der Waals surface area (Å²) >= 11 is 0. The molecule has 0 radical (unpaired) electrons. The van der Waals surface area contributed by atoms with Gasteiger partial charge in [-0.15, -0.1) is 12.4 Å². The Balaban J connectivity index is 0.00000361. The van der Waals surface area contributed by atoms with Crippen LogP contribution in [0.3, 0.4) is 0 Å². The van der Waals surface area contributed by atoms with Gasteiger partial charge in [0.15, 0.2) is 0 Å². The van der Waals surface area contributed by atoms with Crippen molar-refractivity contribution in [1.29, 1.82) is 0 Å². The third kappa shape index (κ3) is 6.04. The van der Waals surface area contributed by atoms with E-state index in [0.717, 1.165) is 12.0 Å². The number of carbonyl (C=O) groups is 2. The Morgan fingerprint density at radius 3 is 2.60 bits per heavy atom. The third-order valence-electron chi connectivity index (χ3n) is 2.61. The maximum absolute atomic E-state index is 11.8. The highest BCUT2D eigenvalue weighted by Crippen LogP contribution is 2.05. The highest BCUT2D eigenvalue weighted by atomic mass is 35.5. The highest BCUT2D eigenvalue weighted by molar-refractivity contribution is 5.94. The predicted octanol–water partition coefficient (Wildman–Crippen LogP) is 1.21. The van der Waals surface area contributed by atoms with Crippen LogP contribution in [0.2, 0.25) is 0 Å². The van der Waals surface area contributed by atoms with E-state index in [2.05, 4.69) is 10.6 Å². The number of nitrogens with one attached hydrogen (secondary N) is 2. The van der Waals surface area contributed by atoms with E-state index in [1.54, 1.807) is 25.1 Å². The third-order valence-corrected chi connectivity index (χ3v) is 2.61. The lowest BCUT2D eigenvalue weighted by Crippen LogP contribution is -2.37. The van der Waals surface area contributed by atoms with E-state index < -0.39 is 6.04 Å². The summed E-state index contributed by atoms with van der Waals surface area (Å²) in [7, 11) is 0. The molecule has 0 aromatic heterocycles. The Morgan fingerprint density at radius 2 is 2.00 bits per heavy atom. The van der Waals surface area contributed by atoms with Gasteiger partial charge in [-0.05, 0) is 31.0 Å². The molecule has 0 fully saturated rings. The molecule has 5 nitrogen and oxygen atoms in total. The van der Waals surface area contributed by atoms with Gasteiger partial charge in [0.1, 0.15) is 0 Å². The maximum atomic E-state index is 11.8. The zero-order valence-electron chi connectivity index (χ0n) is 11.8. The lowest BCUT2D eigenvalue weighted by molar-refractivity contribution is -0.122. The second kappa shape index (κ2) is 9.34. The zero-order chi connectivity index (χ0) is 14.3. The first-order valence-electron chi connectivity index (χ1n) is 6.45. The summed E-state index contributed by atoms with van der Waals surface area (Å²) in [5.74, 6) is -0.303. The molecule has 0 bridgehead atoms. The standard InChI is InChI=1S/C14H21N3O2.ClH/c1-3-7-16-14(19)12-6-4-5-11(8-12)9-17-13(18)10(2)15;/h4-6,8,10H,3,7,9,15H2,1-2H3,(H,16,19)(H,17,18);1H/t10-;/m1./s1. The van der Waals surface area contributed by atoms with Gasteiger partial charge in [0.05, 0.1) is 6.04 Å². The Morgan fingerprint density at radius 1 is 1.30 bits per heavy atom. The molecule has 0 saturated heterocycles. The van der Waals surface area contributed by atoms with E-state index in [-0.39, 0.29) is 24.2 Å². The van der Waals surface area contributed by atoms with Gasteiger partial charge in [-0.2, -0.15) is 0 Å². The molecular weight excluding hydrogens is 278 g/mol. The fraction of sp³-hybridized carbons (Fsp3) is 0.429. The molecule has 0 unspecified atom stereocenters. The predicted molar refractivity (Wildman–Crippen MR) is 81.8 cm³/mol. The largest absolute Gasteiger partial charge is 0.352 e. The lowest BCUT2D eigenvalue weighted by atomic mass is 10.1. The Bertz CT molecular complexity index is 450. The van der Waals surface area contributed by atoms with Crippen molar-refractivity contribution in [3.63, 3.8) is 0 Å². The normalized spacial score (nSPS) is 11.2. The Kier molecular flexibility index (Phi) is 8.59. The average molecular weight is 300 g/mol. The van der Waals surface area contributed by atoms with Crippen LogP contribution in [0, 0.1) is 0 Å². The molecule has 0 heterocycles. The number of carbonyl (C=O) groups excluding carboxylic acids is 2. The monoisotopic (exact) mass is 299 g/mol. The van der Waals surface area contributed by atoms with E-state index in [4.69, 9.17) is 5.73 Å². The zero-order valence-corrected chi connectivity index (χ0v) is 12.6. The molecule has 0 saturated carbocycles. The molecule has 0 aliphatic carbocycles. The van der Waals surface area contributed by atoms with E-state index in [1.165, 1.54) is 0 Å². The van der Waals surface area contributed by atoms with Crippen LogP contribution in [0.1, 0.15) is 36.2 Å². The van der Waals surface area contributed by atoms with Crippen LogP contribution in [-0.2, 0) is 11.3 Å². The van der Waals surface area contributed by atoms with Crippen molar-refractivity contribution in [1.82, 2.24) is 10.6 Å². The van der Waals surface area contributed by atoms with Gasteiger partial charge in [-0.1, -0.05) is 19.1 Å². The summed E-state index contributed by atoms with van der Waals surface area (Å²) < 4.78 is 0. The fourth-order valence-corrected chi connectivity index (χ4v) is 1.51. The second-order valence-corrected chi connectivity index (χ2v) is 4.46. The van der Waals surface area contributed by atoms with Crippen molar-refractivity contribution in [3.05, 3.63) is 35.4 Å². The highest BCUT2D eigenvalue weighted by Gasteiger charge is 2.08. The van der Waals surface area contributed by atoms with E-state index in [1.807, 2.05) is 13.0 Å². The van der Waals surface area contributed by atoms with Gasteiger partial charge in [0.2, 0.25) is 5.91 Å². The van der Waals surface area contributed by atoms with Crippen LogP contribution in [0.4, 0.5) is 0 Å². The SMILES string of the molecule is CCCNC(=O)c1cccc(CNC(=O)[C@@H](C)N)c1.Cl. The molecule has 20 heavy (non-hydrogen) atoms. The van der Waals surface area contributed by atoms with Crippen molar-refractivity contribution in [3.8, 4) is 0 Å². The topological polar surface area (TPSA) is 84.2 Å². The number of rotatable bonds is 6. The molecular formula is C14H22ClN3O2. The van der Waals surface area contributed by atoms with E-state index in [9.17, 15) is 9.59 Å². The molecule has 112 valence electrons. The van der Waals surface area contributed by atoms with Crippen LogP contribution in [0.5, 0.6) is 0 Å². The quantitative estimate of drug-likeness (QED) is 0.738. The van der Waals surface area contributed by atoms with Crippen LogP contribution in [0.15, 0.2) is 24.3 Å². The summed E-state index contributed by atoms with van der Waals surface area (Å²) in [6.07, 6.45) is 0.899. The van der Waals surface area contributed by atoms with Gasteiger partial charge >= 0.3 is 0 Å². The van der Waals surface area contributed by atoms with Crippen molar-refractivity contribution < 1.29 is 9.59 Å². The lowest BCUT2D eigenvalue weighted by Gasteiger charge is -2.09. The first-order valence-corrected chi connectivity index (χ1v) is 6.45. The van der Waals surface area contributed by atoms with Crippen molar-refractivity contribution in [2.75, 3.05) is 6.54 Å². The first kappa shape index (κ1) is 18.4.